The zero-order chi connectivity index (χ0) is 25.9. The van der Waals surface area contributed by atoms with Crippen molar-refractivity contribution in [2.45, 2.75) is 43.4 Å². The van der Waals surface area contributed by atoms with E-state index in [4.69, 9.17) is 0 Å². The van der Waals surface area contributed by atoms with Crippen molar-refractivity contribution in [1.29, 1.82) is 0 Å². The van der Waals surface area contributed by atoms with Gasteiger partial charge in [-0.3, -0.25) is 14.6 Å². The van der Waals surface area contributed by atoms with E-state index in [0.717, 1.165) is 18.4 Å². The highest BCUT2D eigenvalue weighted by Gasteiger charge is 2.41. The Morgan fingerprint density at radius 2 is 1.92 bits per heavy atom. The van der Waals surface area contributed by atoms with Crippen molar-refractivity contribution in [1.82, 2.24) is 20.2 Å². The average molecular weight is 506 g/mol. The van der Waals surface area contributed by atoms with E-state index in [-0.39, 0.29) is 37.2 Å². The standard InChI is InChI=1S/C28H29F2N5O2/c1-34(25-15-31-11-12-32-25)17-26(36)35-16-21(29)14-24(35)28(37)33-27(19-5-3-2-4-6-19)20-9-10-22(18-7-8-18)23(30)13-20/h2-6,9-13,15,18,21,24,27H,7-8,14,16-17H2,1H3,(H,33,37). The van der Waals surface area contributed by atoms with Crippen LogP contribution in [0.25, 0.3) is 0 Å². The van der Waals surface area contributed by atoms with Gasteiger partial charge < -0.3 is 15.1 Å². The molecule has 9 heteroatoms. The molecule has 37 heavy (non-hydrogen) atoms. The number of carbonyl (C=O) groups excluding carboxylic acids is 2. The molecule has 3 atom stereocenters. The smallest absolute Gasteiger partial charge is 0.243 e. The number of alkyl halides is 1. The third-order valence-corrected chi connectivity index (χ3v) is 6.98. The summed E-state index contributed by atoms with van der Waals surface area (Å²) >= 11 is 0. The number of halogens is 2. The molecule has 0 bridgehead atoms. The second-order valence-electron chi connectivity index (χ2n) is 9.72. The van der Waals surface area contributed by atoms with Gasteiger partial charge in [-0.25, -0.2) is 13.8 Å². The topological polar surface area (TPSA) is 78.4 Å². The summed E-state index contributed by atoms with van der Waals surface area (Å²) in [5.41, 5.74) is 2.06. The maximum atomic E-state index is 14.9. The van der Waals surface area contributed by atoms with Crippen LogP contribution in [0, 0.1) is 5.82 Å². The first kappa shape index (κ1) is 24.8. The number of carbonyl (C=O) groups is 2. The van der Waals surface area contributed by atoms with E-state index in [0.29, 0.717) is 16.9 Å². The second-order valence-corrected chi connectivity index (χ2v) is 9.72. The molecule has 3 aromatic rings. The Morgan fingerprint density at radius 1 is 1.14 bits per heavy atom. The van der Waals surface area contributed by atoms with Gasteiger partial charge in [0.2, 0.25) is 11.8 Å². The lowest BCUT2D eigenvalue weighted by atomic mass is 9.96. The summed E-state index contributed by atoms with van der Waals surface area (Å²) in [5.74, 6) is -0.392. The fourth-order valence-corrected chi connectivity index (χ4v) is 4.86. The number of nitrogens with zero attached hydrogens (tertiary/aromatic N) is 4. The van der Waals surface area contributed by atoms with Crippen molar-refractivity contribution < 1.29 is 18.4 Å². The number of anilines is 1. The monoisotopic (exact) mass is 505 g/mol. The molecule has 1 aliphatic heterocycles. The summed E-state index contributed by atoms with van der Waals surface area (Å²) in [5, 5.41) is 2.97. The highest BCUT2D eigenvalue weighted by atomic mass is 19.1. The van der Waals surface area contributed by atoms with Gasteiger partial charge >= 0.3 is 0 Å². The molecule has 192 valence electrons. The summed E-state index contributed by atoms with van der Waals surface area (Å²) in [4.78, 5) is 37.7. The number of aromatic nitrogens is 2. The van der Waals surface area contributed by atoms with Crippen LogP contribution in [-0.2, 0) is 9.59 Å². The summed E-state index contributed by atoms with van der Waals surface area (Å²) in [6, 6.07) is 12.7. The summed E-state index contributed by atoms with van der Waals surface area (Å²) in [6.07, 6.45) is 5.13. The lowest BCUT2D eigenvalue weighted by molar-refractivity contribution is -0.137. The van der Waals surface area contributed by atoms with Gasteiger partial charge in [0.05, 0.1) is 25.3 Å². The molecule has 1 aromatic heterocycles. The number of likely N-dealkylation sites (tertiary alicyclic amines) is 1. The molecule has 0 radical (unpaired) electrons. The maximum Gasteiger partial charge on any atom is 0.243 e. The van der Waals surface area contributed by atoms with E-state index < -0.39 is 24.2 Å². The molecule has 2 aromatic carbocycles. The van der Waals surface area contributed by atoms with Gasteiger partial charge in [0, 0.05) is 25.9 Å². The molecular weight excluding hydrogens is 476 g/mol. The number of likely N-dealkylation sites (N-methyl/N-ethyl adjacent to an activating group) is 1. The highest BCUT2D eigenvalue weighted by molar-refractivity contribution is 5.90. The average Bonchev–Trinajstić information content (AvgIpc) is 3.68. The Hall–Kier alpha value is -3.88. The largest absolute Gasteiger partial charge is 0.349 e. The Bertz CT molecular complexity index is 1260. The quantitative estimate of drug-likeness (QED) is 0.504. The second kappa shape index (κ2) is 10.6. The van der Waals surface area contributed by atoms with Crippen molar-refractivity contribution in [2.75, 3.05) is 25.0 Å². The number of benzene rings is 2. The minimum atomic E-state index is -1.31. The van der Waals surface area contributed by atoms with Crippen molar-refractivity contribution in [3.63, 3.8) is 0 Å². The molecule has 1 aliphatic carbocycles. The Labute approximate surface area is 214 Å². The van der Waals surface area contributed by atoms with E-state index in [1.807, 2.05) is 36.4 Å². The van der Waals surface area contributed by atoms with Crippen LogP contribution in [0.2, 0.25) is 0 Å². The van der Waals surface area contributed by atoms with Crippen LogP contribution in [0.1, 0.15) is 47.9 Å². The Balaban J connectivity index is 1.35. The van der Waals surface area contributed by atoms with Crippen LogP contribution in [0.4, 0.5) is 14.6 Å². The first-order valence-corrected chi connectivity index (χ1v) is 12.5. The van der Waals surface area contributed by atoms with Crippen LogP contribution in [0.15, 0.2) is 67.1 Å². The zero-order valence-corrected chi connectivity index (χ0v) is 20.6. The minimum absolute atomic E-state index is 0.0782. The molecule has 2 fully saturated rings. The molecular formula is C28H29F2N5O2. The van der Waals surface area contributed by atoms with E-state index >= 15 is 0 Å². The van der Waals surface area contributed by atoms with Gasteiger partial charge in [-0.05, 0) is 41.5 Å². The molecule has 3 unspecified atom stereocenters. The van der Waals surface area contributed by atoms with Crippen molar-refractivity contribution in [3.8, 4) is 0 Å². The fourth-order valence-electron chi connectivity index (χ4n) is 4.86. The van der Waals surface area contributed by atoms with Crippen LogP contribution in [-0.4, -0.2) is 59.0 Å². The van der Waals surface area contributed by atoms with Gasteiger partial charge in [-0.2, -0.15) is 0 Å². The van der Waals surface area contributed by atoms with Crippen molar-refractivity contribution in [3.05, 3.63) is 89.6 Å². The summed E-state index contributed by atoms with van der Waals surface area (Å²) in [7, 11) is 1.69. The normalized spacial score (nSPS) is 19.9. The van der Waals surface area contributed by atoms with Crippen LogP contribution < -0.4 is 10.2 Å². The maximum absolute atomic E-state index is 14.9. The molecule has 1 saturated heterocycles. The predicted molar refractivity (Wildman–Crippen MR) is 135 cm³/mol. The SMILES string of the molecule is CN(CC(=O)N1CC(F)CC1C(=O)NC(c1ccccc1)c1ccc(C2CC2)c(F)c1)c1cnccn1. The molecule has 7 nitrogen and oxygen atoms in total. The van der Waals surface area contributed by atoms with Crippen LogP contribution >= 0.6 is 0 Å². The Kier molecular flexibility index (Phi) is 7.12. The van der Waals surface area contributed by atoms with Gasteiger partial charge in [0.15, 0.2) is 0 Å². The fraction of sp³-hybridized carbons (Fsp3) is 0.357. The van der Waals surface area contributed by atoms with Crippen LogP contribution in [0.3, 0.4) is 0 Å². The molecule has 1 saturated carbocycles. The van der Waals surface area contributed by atoms with Gasteiger partial charge in [0.25, 0.3) is 0 Å². The third kappa shape index (κ3) is 5.60. The van der Waals surface area contributed by atoms with Gasteiger partial charge in [-0.15, -0.1) is 0 Å². The predicted octanol–water partition coefficient (Wildman–Crippen LogP) is 3.77. The van der Waals surface area contributed by atoms with Gasteiger partial charge in [-0.1, -0.05) is 42.5 Å². The number of amides is 2. The molecule has 2 amide bonds. The Morgan fingerprint density at radius 3 is 2.59 bits per heavy atom. The highest BCUT2D eigenvalue weighted by Crippen LogP contribution is 2.42. The molecule has 2 aliphatic rings. The van der Waals surface area contributed by atoms with E-state index in [1.165, 1.54) is 29.6 Å². The number of hydrogen-bond donors (Lipinski definition) is 1. The lowest BCUT2D eigenvalue weighted by Crippen LogP contribution is -2.49. The molecule has 2 heterocycles. The molecule has 1 N–H and O–H groups in total. The first-order chi connectivity index (χ1) is 17.9. The van der Waals surface area contributed by atoms with E-state index in [2.05, 4.69) is 15.3 Å². The van der Waals surface area contributed by atoms with Gasteiger partial charge in [0.1, 0.15) is 23.8 Å². The zero-order valence-electron chi connectivity index (χ0n) is 20.6. The van der Waals surface area contributed by atoms with E-state index in [9.17, 15) is 18.4 Å². The van der Waals surface area contributed by atoms with Crippen molar-refractivity contribution in [2.24, 2.45) is 0 Å². The number of hydrogen-bond acceptors (Lipinski definition) is 5. The van der Waals surface area contributed by atoms with Crippen LogP contribution in [0.5, 0.6) is 0 Å². The minimum Gasteiger partial charge on any atom is -0.349 e. The van der Waals surface area contributed by atoms with Crippen molar-refractivity contribution >= 4 is 17.6 Å². The summed E-state index contributed by atoms with van der Waals surface area (Å²) < 4.78 is 29.4. The molecule has 0 spiro atoms. The van der Waals surface area contributed by atoms with E-state index in [1.54, 1.807) is 18.0 Å². The third-order valence-electron chi connectivity index (χ3n) is 6.98. The first-order valence-electron chi connectivity index (χ1n) is 12.5. The molecule has 5 rings (SSSR count). The number of nitrogens with one attached hydrogen (secondary N) is 1. The lowest BCUT2D eigenvalue weighted by Gasteiger charge is -2.28. The number of rotatable bonds is 8. The summed E-state index contributed by atoms with van der Waals surface area (Å²) in [6.45, 7) is -0.239.